The Hall–Kier alpha value is -1.72. The molecule has 1 aromatic carbocycles. The minimum absolute atomic E-state index is 0.651. The van der Waals surface area contributed by atoms with Crippen LogP contribution in [0.2, 0.25) is 0 Å². The Bertz CT molecular complexity index is 651. The van der Waals surface area contributed by atoms with Crippen LogP contribution >= 0.6 is 0 Å². The zero-order valence-corrected chi connectivity index (χ0v) is 14.9. The van der Waals surface area contributed by atoms with Gasteiger partial charge in [0, 0.05) is 19.0 Å². The number of aryl methyl sites for hydroxylation is 2. The maximum atomic E-state index is 5.52. The van der Waals surface area contributed by atoms with E-state index in [-0.39, 0.29) is 0 Å². The Balaban J connectivity index is 1.29. The summed E-state index contributed by atoms with van der Waals surface area (Å²) >= 11 is 0. The van der Waals surface area contributed by atoms with E-state index in [1.807, 2.05) is 6.07 Å². The summed E-state index contributed by atoms with van der Waals surface area (Å²) in [5.41, 5.74) is 1.32. The second-order valence-corrected chi connectivity index (χ2v) is 7.36. The van der Waals surface area contributed by atoms with E-state index in [1.165, 1.54) is 50.9 Å². The zero-order chi connectivity index (χ0) is 16.9. The Morgan fingerprint density at radius 3 is 2.68 bits per heavy atom. The molecule has 0 N–H and O–H groups in total. The lowest BCUT2D eigenvalue weighted by Gasteiger charge is -2.27. The highest BCUT2D eigenvalue weighted by atomic mass is 16.5. The maximum absolute atomic E-state index is 5.52. The van der Waals surface area contributed by atoms with Gasteiger partial charge in [0.05, 0.1) is 6.54 Å². The van der Waals surface area contributed by atoms with E-state index in [4.69, 9.17) is 4.52 Å². The first-order valence-electron chi connectivity index (χ1n) is 9.68. The number of rotatable bonds is 7. The van der Waals surface area contributed by atoms with Gasteiger partial charge in [-0.15, -0.1) is 0 Å². The fraction of sp³-hybridized carbons (Fsp3) is 0.600. The quantitative estimate of drug-likeness (QED) is 0.775. The second kappa shape index (κ2) is 8.11. The van der Waals surface area contributed by atoms with Crippen molar-refractivity contribution >= 4 is 0 Å². The predicted octanol–water partition coefficient (Wildman–Crippen LogP) is 2.92. The molecule has 4 rings (SSSR count). The van der Waals surface area contributed by atoms with E-state index in [1.54, 1.807) is 0 Å². The van der Waals surface area contributed by atoms with E-state index >= 15 is 0 Å². The molecule has 0 amide bonds. The van der Waals surface area contributed by atoms with E-state index < -0.39 is 0 Å². The molecule has 5 nitrogen and oxygen atoms in total. The fourth-order valence-electron chi connectivity index (χ4n) is 4.10. The Morgan fingerprint density at radius 1 is 1.00 bits per heavy atom. The minimum Gasteiger partial charge on any atom is -0.338 e. The van der Waals surface area contributed by atoms with Crippen LogP contribution in [0.3, 0.4) is 0 Å². The van der Waals surface area contributed by atoms with Crippen LogP contribution in [-0.4, -0.2) is 52.2 Å². The number of benzene rings is 1. The van der Waals surface area contributed by atoms with Crippen molar-refractivity contribution < 1.29 is 4.52 Å². The van der Waals surface area contributed by atoms with Crippen LogP contribution in [0.1, 0.15) is 43.0 Å². The van der Waals surface area contributed by atoms with Gasteiger partial charge in [-0.25, -0.2) is 0 Å². The van der Waals surface area contributed by atoms with Gasteiger partial charge in [-0.05, 0) is 57.3 Å². The molecule has 3 heterocycles. The molecule has 2 saturated heterocycles. The monoisotopic (exact) mass is 340 g/mol. The third kappa shape index (κ3) is 4.47. The van der Waals surface area contributed by atoms with E-state index in [0.29, 0.717) is 6.04 Å². The summed E-state index contributed by atoms with van der Waals surface area (Å²) in [5.74, 6) is 1.60. The molecule has 134 valence electrons. The average molecular weight is 340 g/mol. The summed E-state index contributed by atoms with van der Waals surface area (Å²) in [7, 11) is 0. The van der Waals surface area contributed by atoms with E-state index in [9.17, 15) is 0 Å². The van der Waals surface area contributed by atoms with Crippen LogP contribution in [0.25, 0.3) is 0 Å². The number of likely N-dealkylation sites (tertiary alicyclic amines) is 2. The molecular weight excluding hydrogens is 312 g/mol. The molecule has 0 spiro atoms. The number of hydrogen-bond acceptors (Lipinski definition) is 5. The van der Waals surface area contributed by atoms with Gasteiger partial charge in [0.2, 0.25) is 5.89 Å². The molecule has 0 radical (unpaired) electrons. The minimum atomic E-state index is 0.651. The smallest absolute Gasteiger partial charge is 0.240 e. The molecule has 5 heteroatoms. The first-order chi connectivity index (χ1) is 12.4. The van der Waals surface area contributed by atoms with Crippen LogP contribution < -0.4 is 0 Å². The first kappa shape index (κ1) is 16.7. The van der Waals surface area contributed by atoms with Crippen molar-refractivity contribution in [1.82, 2.24) is 19.9 Å². The summed E-state index contributed by atoms with van der Waals surface area (Å²) < 4.78 is 5.52. The molecule has 2 aliphatic rings. The third-order valence-electron chi connectivity index (χ3n) is 5.50. The Morgan fingerprint density at radius 2 is 1.84 bits per heavy atom. The van der Waals surface area contributed by atoms with Gasteiger partial charge < -0.3 is 9.42 Å². The van der Waals surface area contributed by atoms with Crippen LogP contribution in [-0.2, 0) is 19.4 Å². The summed E-state index contributed by atoms with van der Waals surface area (Å²) in [6.45, 7) is 5.70. The van der Waals surface area contributed by atoms with Crippen molar-refractivity contribution in [2.45, 2.75) is 51.1 Å². The molecule has 0 aliphatic carbocycles. The lowest BCUT2D eigenvalue weighted by molar-refractivity contribution is 0.168. The molecule has 2 aromatic rings. The van der Waals surface area contributed by atoms with Crippen LogP contribution in [0.5, 0.6) is 0 Å². The molecule has 0 bridgehead atoms. The van der Waals surface area contributed by atoms with Crippen molar-refractivity contribution in [2.75, 3.05) is 26.2 Å². The normalized spacial score (nSPS) is 22.0. The van der Waals surface area contributed by atoms with Gasteiger partial charge in [-0.2, -0.15) is 4.98 Å². The topological polar surface area (TPSA) is 45.4 Å². The Labute approximate surface area is 150 Å². The van der Waals surface area contributed by atoms with Crippen molar-refractivity contribution in [1.29, 1.82) is 0 Å². The molecule has 1 aromatic heterocycles. The Kier molecular flexibility index (Phi) is 5.43. The van der Waals surface area contributed by atoms with Gasteiger partial charge >= 0.3 is 0 Å². The highest BCUT2D eigenvalue weighted by Crippen LogP contribution is 2.22. The molecule has 0 saturated carbocycles. The summed E-state index contributed by atoms with van der Waals surface area (Å²) in [6, 6.07) is 11.1. The van der Waals surface area contributed by atoms with Crippen LogP contribution in [0, 0.1) is 0 Å². The largest absolute Gasteiger partial charge is 0.338 e. The molecule has 2 aliphatic heterocycles. The maximum Gasteiger partial charge on any atom is 0.240 e. The van der Waals surface area contributed by atoms with Gasteiger partial charge in [0.25, 0.3) is 0 Å². The standard InChI is InChI=1S/C20H28N4O/c1-2-7-17(8-3-1)10-11-19-21-20(25-22-19)16-24-14-6-9-18(24)15-23-12-4-5-13-23/h1-3,7-8,18H,4-6,9-16H2. The van der Waals surface area contributed by atoms with Crippen molar-refractivity contribution in [2.24, 2.45) is 0 Å². The zero-order valence-electron chi connectivity index (χ0n) is 14.9. The SMILES string of the molecule is c1ccc(CCc2noc(CN3CCCC3CN3CCCC3)n2)cc1. The third-order valence-corrected chi connectivity index (χ3v) is 5.50. The average Bonchev–Trinajstić information content (AvgIpc) is 3.39. The highest BCUT2D eigenvalue weighted by molar-refractivity contribution is 5.15. The van der Waals surface area contributed by atoms with E-state index in [0.717, 1.165) is 37.6 Å². The summed E-state index contributed by atoms with van der Waals surface area (Å²) in [4.78, 5) is 9.77. The molecular formula is C20H28N4O. The van der Waals surface area contributed by atoms with Gasteiger partial charge in [-0.1, -0.05) is 35.5 Å². The van der Waals surface area contributed by atoms with Crippen LogP contribution in [0.4, 0.5) is 0 Å². The molecule has 25 heavy (non-hydrogen) atoms. The lowest BCUT2D eigenvalue weighted by Crippen LogP contribution is -2.39. The number of hydrogen-bond donors (Lipinski definition) is 0. The first-order valence-corrected chi connectivity index (χ1v) is 9.68. The van der Waals surface area contributed by atoms with Gasteiger partial charge in [0.15, 0.2) is 5.82 Å². The number of nitrogens with zero attached hydrogens (tertiary/aromatic N) is 4. The summed E-state index contributed by atoms with van der Waals surface area (Å²) in [5, 5.41) is 4.18. The van der Waals surface area contributed by atoms with Crippen molar-refractivity contribution in [3.8, 4) is 0 Å². The van der Waals surface area contributed by atoms with Crippen LogP contribution in [0.15, 0.2) is 34.9 Å². The fourth-order valence-corrected chi connectivity index (χ4v) is 4.10. The molecule has 1 unspecified atom stereocenters. The summed E-state index contributed by atoms with van der Waals surface area (Å²) in [6.07, 6.45) is 7.10. The highest BCUT2D eigenvalue weighted by Gasteiger charge is 2.28. The van der Waals surface area contributed by atoms with E-state index in [2.05, 4.69) is 44.2 Å². The number of aromatic nitrogens is 2. The predicted molar refractivity (Wildman–Crippen MR) is 97.3 cm³/mol. The van der Waals surface area contributed by atoms with Crippen molar-refractivity contribution in [3.05, 3.63) is 47.6 Å². The lowest BCUT2D eigenvalue weighted by atomic mass is 10.1. The second-order valence-electron chi connectivity index (χ2n) is 7.36. The molecule has 2 fully saturated rings. The van der Waals surface area contributed by atoms with Gasteiger partial charge in [0.1, 0.15) is 0 Å². The van der Waals surface area contributed by atoms with Gasteiger partial charge in [-0.3, -0.25) is 4.90 Å². The molecule has 1 atom stereocenters. The van der Waals surface area contributed by atoms with Crippen molar-refractivity contribution in [3.63, 3.8) is 0 Å².